The minimum atomic E-state index is -3.81. The summed E-state index contributed by atoms with van der Waals surface area (Å²) in [6, 6.07) is 4.19. The minimum absolute atomic E-state index is 0.00552. The summed E-state index contributed by atoms with van der Waals surface area (Å²) in [4.78, 5) is 25.7. The van der Waals surface area contributed by atoms with Gasteiger partial charge in [0, 0.05) is 19.1 Å². The maximum atomic E-state index is 13.2. The Hall–Kier alpha value is -2.00. The Morgan fingerprint density at radius 1 is 1.06 bits per heavy atom. The average molecular weight is 454 g/mol. The van der Waals surface area contributed by atoms with Gasteiger partial charge in [0.1, 0.15) is 11.9 Å². The largest absolute Gasteiger partial charge is 0.352 e. The summed E-state index contributed by atoms with van der Waals surface area (Å²) in [5.74, 6) is -1.62. The second-order valence-corrected chi connectivity index (χ2v) is 10.8. The molecule has 3 rings (SSSR count). The third kappa shape index (κ3) is 5.83. The molecule has 0 aromatic heterocycles. The summed E-state index contributed by atoms with van der Waals surface area (Å²) >= 11 is 0. The Bertz CT molecular complexity index is 883. The second-order valence-electron chi connectivity index (χ2n) is 8.88. The molecule has 0 unspecified atom stereocenters. The van der Waals surface area contributed by atoms with Crippen LogP contribution in [0.3, 0.4) is 0 Å². The molecule has 1 aromatic rings. The van der Waals surface area contributed by atoms with Gasteiger partial charge in [-0.1, -0.05) is 26.7 Å². The molecule has 2 amide bonds. The number of rotatable bonds is 7. The summed E-state index contributed by atoms with van der Waals surface area (Å²) in [7, 11) is -3.81. The molecule has 2 aliphatic rings. The highest BCUT2D eigenvalue weighted by Gasteiger charge is 2.35. The lowest BCUT2D eigenvalue weighted by atomic mass is 9.96. The van der Waals surface area contributed by atoms with Gasteiger partial charge in [-0.2, -0.15) is 4.31 Å². The molecule has 0 spiro atoms. The van der Waals surface area contributed by atoms with Crippen molar-refractivity contribution in [3.05, 3.63) is 30.1 Å². The third-order valence-electron chi connectivity index (χ3n) is 6.15. The van der Waals surface area contributed by atoms with Crippen LogP contribution in [-0.4, -0.2) is 49.7 Å². The number of nitrogens with one attached hydrogen (secondary N) is 2. The predicted molar refractivity (Wildman–Crippen MR) is 115 cm³/mol. The third-order valence-corrected chi connectivity index (χ3v) is 8.03. The molecule has 1 aromatic carbocycles. The molecule has 1 heterocycles. The van der Waals surface area contributed by atoms with Gasteiger partial charge in [-0.3, -0.25) is 9.59 Å². The van der Waals surface area contributed by atoms with E-state index in [0.29, 0.717) is 19.4 Å². The molecule has 2 fully saturated rings. The van der Waals surface area contributed by atoms with E-state index in [1.165, 1.54) is 16.4 Å². The number of carbonyl (C=O) groups excluding carboxylic acids is 2. The van der Waals surface area contributed by atoms with E-state index in [-0.39, 0.29) is 35.2 Å². The van der Waals surface area contributed by atoms with Gasteiger partial charge in [-0.25, -0.2) is 12.8 Å². The normalized spacial score (nSPS) is 21.7. The summed E-state index contributed by atoms with van der Waals surface area (Å²) in [6.45, 7) is 4.11. The number of hydrogen-bond acceptors (Lipinski definition) is 4. The first kappa shape index (κ1) is 23.7. The van der Waals surface area contributed by atoms with E-state index in [2.05, 4.69) is 10.6 Å². The summed E-state index contributed by atoms with van der Waals surface area (Å²) in [6.07, 6.45) is 5.22. The van der Waals surface area contributed by atoms with Crippen LogP contribution in [0.1, 0.15) is 52.4 Å². The van der Waals surface area contributed by atoms with Crippen LogP contribution >= 0.6 is 0 Å². The quantitative estimate of drug-likeness (QED) is 0.663. The van der Waals surface area contributed by atoms with Crippen molar-refractivity contribution < 1.29 is 22.4 Å². The van der Waals surface area contributed by atoms with Gasteiger partial charge >= 0.3 is 0 Å². The van der Waals surface area contributed by atoms with Gasteiger partial charge in [-0.05, 0) is 55.9 Å². The van der Waals surface area contributed by atoms with E-state index in [0.717, 1.165) is 37.8 Å². The van der Waals surface area contributed by atoms with E-state index >= 15 is 0 Å². The van der Waals surface area contributed by atoms with Crippen molar-refractivity contribution in [2.45, 2.75) is 69.4 Å². The molecule has 172 valence electrons. The van der Waals surface area contributed by atoms with Gasteiger partial charge in [0.15, 0.2) is 0 Å². The monoisotopic (exact) mass is 453 g/mol. The van der Waals surface area contributed by atoms with Crippen molar-refractivity contribution in [3.8, 4) is 0 Å². The maximum Gasteiger partial charge on any atom is 0.243 e. The Morgan fingerprint density at radius 2 is 1.71 bits per heavy atom. The number of halogens is 1. The highest BCUT2D eigenvalue weighted by Crippen LogP contribution is 2.24. The van der Waals surface area contributed by atoms with Gasteiger partial charge in [-0.15, -0.1) is 0 Å². The van der Waals surface area contributed by atoms with Crippen LogP contribution in [0.2, 0.25) is 0 Å². The number of sulfonamides is 1. The Kier molecular flexibility index (Phi) is 7.69. The molecular weight excluding hydrogens is 421 g/mol. The molecule has 2 atom stereocenters. The Balaban J connectivity index is 1.64. The first-order chi connectivity index (χ1) is 14.7. The standard InChI is InChI=1S/C22H32FN3O4S/c1-15(2)20(22(28)24-18-7-3-4-8-18)25-21(27)16-6-5-13-26(14-16)31(29,30)19-11-9-17(23)10-12-19/h9-12,15-16,18,20H,3-8,13-14H2,1-2H3,(H,24,28)(H,25,27)/t16-,20+/m0/s1. The zero-order chi connectivity index (χ0) is 22.6. The van der Waals surface area contributed by atoms with E-state index < -0.39 is 27.8 Å². The zero-order valence-electron chi connectivity index (χ0n) is 18.1. The fraction of sp³-hybridized carbons (Fsp3) is 0.636. The van der Waals surface area contributed by atoms with Crippen molar-refractivity contribution in [1.29, 1.82) is 0 Å². The van der Waals surface area contributed by atoms with Crippen molar-refractivity contribution in [2.24, 2.45) is 11.8 Å². The molecule has 1 saturated carbocycles. The second kappa shape index (κ2) is 10.1. The summed E-state index contributed by atoms with van der Waals surface area (Å²) in [5, 5.41) is 5.89. The van der Waals surface area contributed by atoms with Gasteiger partial charge in [0.2, 0.25) is 21.8 Å². The molecular formula is C22H32FN3O4S. The van der Waals surface area contributed by atoms with Crippen molar-refractivity contribution in [3.63, 3.8) is 0 Å². The van der Waals surface area contributed by atoms with Crippen molar-refractivity contribution >= 4 is 21.8 Å². The van der Waals surface area contributed by atoms with Crippen LogP contribution in [0.4, 0.5) is 4.39 Å². The topological polar surface area (TPSA) is 95.6 Å². The molecule has 0 bridgehead atoms. The van der Waals surface area contributed by atoms with Gasteiger partial charge < -0.3 is 10.6 Å². The molecule has 9 heteroatoms. The molecule has 7 nitrogen and oxygen atoms in total. The highest BCUT2D eigenvalue weighted by molar-refractivity contribution is 7.89. The fourth-order valence-electron chi connectivity index (χ4n) is 4.30. The summed E-state index contributed by atoms with van der Waals surface area (Å²) < 4.78 is 40.3. The van der Waals surface area contributed by atoms with Crippen LogP contribution in [0.25, 0.3) is 0 Å². The van der Waals surface area contributed by atoms with Gasteiger partial charge in [0.25, 0.3) is 0 Å². The lowest BCUT2D eigenvalue weighted by molar-refractivity contribution is -0.133. The molecule has 1 saturated heterocycles. The fourth-order valence-corrected chi connectivity index (χ4v) is 5.82. The molecule has 1 aliphatic heterocycles. The van der Waals surface area contributed by atoms with Crippen molar-refractivity contribution in [1.82, 2.24) is 14.9 Å². The number of carbonyl (C=O) groups is 2. The molecule has 1 aliphatic carbocycles. The Morgan fingerprint density at radius 3 is 2.32 bits per heavy atom. The van der Waals surface area contributed by atoms with E-state index in [1.807, 2.05) is 13.8 Å². The Labute approximate surface area is 183 Å². The average Bonchev–Trinajstić information content (AvgIpc) is 3.25. The maximum absolute atomic E-state index is 13.2. The number of benzene rings is 1. The number of nitrogens with zero attached hydrogens (tertiary/aromatic N) is 1. The van der Waals surface area contributed by atoms with E-state index in [1.54, 1.807) is 0 Å². The highest BCUT2D eigenvalue weighted by atomic mass is 32.2. The lowest BCUT2D eigenvalue weighted by Crippen LogP contribution is -2.54. The SMILES string of the molecule is CC(C)[C@@H](NC(=O)[C@H]1CCCN(S(=O)(=O)c2ccc(F)cc2)C1)C(=O)NC1CCCC1. The van der Waals surface area contributed by atoms with Crippen molar-refractivity contribution in [2.75, 3.05) is 13.1 Å². The molecule has 31 heavy (non-hydrogen) atoms. The van der Waals surface area contributed by atoms with Crippen LogP contribution in [0.15, 0.2) is 29.2 Å². The van der Waals surface area contributed by atoms with Crippen LogP contribution < -0.4 is 10.6 Å². The predicted octanol–water partition coefficient (Wildman–Crippen LogP) is 2.43. The first-order valence-corrected chi connectivity index (χ1v) is 12.5. The lowest BCUT2D eigenvalue weighted by Gasteiger charge is -2.32. The van der Waals surface area contributed by atoms with Gasteiger partial charge in [0.05, 0.1) is 10.8 Å². The number of hydrogen-bond donors (Lipinski definition) is 2. The molecule has 2 N–H and O–H groups in total. The smallest absolute Gasteiger partial charge is 0.243 e. The van der Waals surface area contributed by atoms with Crippen LogP contribution in [-0.2, 0) is 19.6 Å². The van der Waals surface area contributed by atoms with Crippen LogP contribution in [0.5, 0.6) is 0 Å². The molecule has 0 radical (unpaired) electrons. The number of piperidine rings is 1. The van der Waals surface area contributed by atoms with Crippen LogP contribution in [0, 0.1) is 17.7 Å². The summed E-state index contributed by atoms with van der Waals surface area (Å²) in [5.41, 5.74) is 0. The number of amides is 2. The first-order valence-electron chi connectivity index (χ1n) is 11.0. The minimum Gasteiger partial charge on any atom is -0.352 e. The zero-order valence-corrected chi connectivity index (χ0v) is 19.0. The van der Waals surface area contributed by atoms with E-state index in [9.17, 15) is 22.4 Å². The van der Waals surface area contributed by atoms with E-state index in [4.69, 9.17) is 0 Å².